The molecule has 0 bridgehead atoms. The van der Waals surface area contributed by atoms with Gasteiger partial charge in [-0.05, 0) is 36.4 Å². The van der Waals surface area contributed by atoms with Gasteiger partial charge in [-0.2, -0.15) is 13.2 Å². The zero-order valence-electron chi connectivity index (χ0n) is 13.2. The molecule has 1 N–H and O–H groups in total. The van der Waals surface area contributed by atoms with Crippen LogP contribution in [0.25, 0.3) is 0 Å². The van der Waals surface area contributed by atoms with E-state index >= 15 is 0 Å². The molecular weight excluding hydrogens is 340 g/mol. The number of urea groups is 1. The predicted octanol–water partition coefficient (Wildman–Crippen LogP) is 4.21. The van der Waals surface area contributed by atoms with Crippen molar-refractivity contribution < 1.29 is 27.1 Å². The molecule has 2 aromatic rings. The highest BCUT2D eigenvalue weighted by Crippen LogP contribution is 2.37. The fourth-order valence-electron chi connectivity index (χ4n) is 2.67. The van der Waals surface area contributed by atoms with Crippen molar-refractivity contribution in [2.24, 2.45) is 0 Å². The van der Waals surface area contributed by atoms with Gasteiger partial charge >= 0.3 is 12.2 Å². The summed E-state index contributed by atoms with van der Waals surface area (Å²) >= 11 is 0. The van der Waals surface area contributed by atoms with Crippen molar-refractivity contribution in [3.8, 4) is 5.75 Å². The number of fused-ring (bicyclic) bond motifs is 1. The predicted molar refractivity (Wildman–Crippen MR) is 83.8 cm³/mol. The normalized spacial score (nSPS) is 19.7. The second kappa shape index (κ2) is 6.03. The molecule has 3 rings (SSSR count). The highest BCUT2D eigenvalue weighted by Gasteiger charge is 2.41. The van der Waals surface area contributed by atoms with Crippen molar-refractivity contribution in [2.45, 2.75) is 6.18 Å². The first-order valence-electron chi connectivity index (χ1n) is 7.39. The second-order valence-electron chi connectivity index (χ2n) is 5.78. The number of carbonyl (C=O) groups excluding carboxylic acids is 1. The van der Waals surface area contributed by atoms with E-state index in [1.165, 1.54) is 0 Å². The van der Waals surface area contributed by atoms with Crippen LogP contribution in [0.15, 0.2) is 36.4 Å². The Hall–Kier alpha value is -2.61. The summed E-state index contributed by atoms with van der Waals surface area (Å²) in [6.45, 7) is 0.572. The maximum atomic E-state index is 13.4. The molecule has 0 aliphatic carbocycles. The number of benzene rings is 2. The molecule has 1 heterocycles. The summed E-state index contributed by atoms with van der Waals surface area (Å²) in [7, 11) is 1.63. The van der Waals surface area contributed by atoms with Gasteiger partial charge in [-0.25, -0.2) is 13.7 Å². The topological polar surface area (TPSA) is 38.3 Å². The molecule has 2 amide bonds. The summed E-state index contributed by atoms with van der Waals surface area (Å²) in [6, 6.07) is 9.54. The zero-order valence-corrected chi connectivity index (χ0v) is 13.2. The van der Waals surface area contributed by atoms with E-state index in [9.17, 15) is 22.4 Å². The Morgan fingerprint density at radius 1 is 1.32 bits per heavy atom. The quantitative estimate of drug-likeness (QED) is 0.616. The first kappa shape index (κ1) is 17.2. The van der Waals surface area contributed by atoms with Crippen LogP contribution < -0.4 is 14.5 Å². The maximum Gasteiger partial charge on any atom is 0.426 e. The van der Waals surface area contributed by atoms with Crippen molar-refractivity contribution in [2.75, 3.05) is 25.5 Å². The lowest BCUT2D eigenvalue weighted by Gasteiger charge is -2.35. The number of anilines is 1. The Morgan fingerprint density at radius 2 is 2.08 bits per heavy atom. The van der Waals surface area contributed by atoms with Crippen LogP contribution in [0.5, 0.6) is 5.75 Å². The van der Waals surface area contributed by atoms with Crippen molar-refractivity contribution in [3.05, 3.63) is 53.8 Å². The number of amides is 2. The number of hydrogen-bond donors (Lipinski definition) is 1. The first-order chi connectivity index (χ1) is 11.7. The van der Waals surface area contributed by atoms with Gasteiger partial charge in [0.2, 0.25) is 0 Å². The molecule has 131 valence electrons. The Morgan fingerprint density at radius 3 is 2.80 bits per heavy atom. The van der Waals surface area contributed by atoms with Crippen LogP contribution in [0.2, 0.25) is 0 Å². The van der Waals surface area contributed by atoms with Gasteiger partial charge < -0.3 is 4.74 Å². The van der Waals surface area contributed by atoms with Crippen LogP contribution in [0.3, 0.4) is 0 Å². The fourth-order valence-corrected chi connectivity index (χ4v) is 2.67. The molecule has 0 aromatic heterocycles. The summed E-state index contributed by atoms with van der Waals surface area (Å²) in [4.78, 5) is 12.7. The Labute approximate surface area is 141 Å². The lowest BCUT2D eigenvalue weighted by molar-refractivity contribution is -0.139. The Balaban J connectivity index is 1.91. The number of ether oxygens (including phenoxy) is 1. The molecule has 1 unspecified atom stereocenters. The summed E-state index contributed by atoms with van der Waals surface area (Å²) < 4.78 is 57.1. The van der Waals surface area contributed by atoms with E-state index in [2.05, 4.69) is 11.4 Å². The van der Waals surface area contributed by atoms with Crippen molar-refractivity contribution in [3.63, 3.8) is 0 Å². The smallest absolute Gasteiger partial charge is 0.426 e. The SMILES string of the molecule is C[N+]1(C(=O)Nc2ccc(F)c(C(F)(F)F)c2)CCOc2c[c]ccc21. The molecule has 0 fully saturated rings. The third kappa shape index (κ3) is 3.17. The van der Waals surface area contributed by atoms with Crippen molar-refractivity contribution in [1.29, 1.82) is 0 Å². The van der Waals surface area contributed by atoms with Gasteiger partial charge in [0.25, 0.3) is 0 Å². The van der Waals surface area contributed by atoms with E-state index in [-0.39, 0.29) is 16.8 Å². The highest BCUT2D eigenvalue weighted by molar-refractivity contribution is 5.98. The molecule has 2 aromatic carbocycles. The lowest BCUT2D eigenvalue weighted by atomic mass is 10.1. The van der Waals surface area contributed by atoms with Gasteiger partial charge in [-0.1, -0.05) is 0 Å². The van der Waals surface area contributed by atoms with E-state index in [1.54, 1.807) is 25.2 Å². The van der Waals surface area contributed by atoms with Crippen LogP contribution in [-0.4, -0.2) is 26.2 Å². The molecule has 1 atom stereocenters. The van der Waals surface area contributed by atoms with E-state index in [0.717, 1.165) is 6.07 Å². The average molecular weight is 354 g/mol. The third-order valence-corrected chi connectivity index (χ3v) is 4.10. The van der Waals surface area contributed by atoms with Gasteiger partial charge in [0, 0.05) is 11.8 Å². The summed E-state index contributed by atoms with van der Waals surface area (Å²) in [5.74, 6) is -0.903. The molecule has 8 heteroatoms. The first-order valence-corrected chi connectivity index (χ1v) is 7.39. The molecule has 0 saturated heterocycles. The monoisotopic (exact) mass is 354 g/mol. The number of nitrogens with zero attached hydrogens (tertiary/aromatic N) is 1. The zero-order chi connectivity index (χ0) is 18.2. The van der Waals surface area contributed by atoms with Gasteiger partial charge in [0.15, 0.2) is 11.4 Å². The van der Waals surface area contributed by atoms with Gasteiger partial charge in [0.05, 0.1) is 12.6 Å². The minimum atomic E-state index is -4.84. The van der Waals surface area contributed by atoms with E-state index in [0.29, 0.717) is 30.1 Å². The summed E-state index contributed by atoms with van der Waals surface area (Å²) in [6.07, 6.45) is -4.84. The van der Waals surface area contributed by atoms with Gasteiger partial charge in [0.1, 0.15) is 19.0 Å². The fraction of sp³-hybridized carbons (Fsp3) is 0.235. The van der Waals surface area contributed by atoms with Crippen molar-refractivity contribution in [1.82, 2.24) is 4.48 Å². The number of carbonyl (C=O) groups is 1. The molecule has 4 nitrogen and oxygen atoms in total. The summed E-state index contributed by atoms with van der Waals surface area (Å²) in [5, 5.41) is 2.43. The number of quaternary nitrogens is 1. The van der Waals surface area contributed by atoms with E-state index in [4.69, 9.17) is 4.74 Å². The van der Waals surface area contributed by atoms with Crippen LogP contribution in [-0.2, 0) is 6.18 Å². The number of halogens is 4. The van der Waals surface area contributed by atoms with Gasteiger partial charge in [-0.15, -0.1) is 0 Å². The molecule has 0 spiro atoms. The third-order valence-electron chi connectivity index (χ3n) is 4.10. The van der Waals surface area contributed by atoms with Crippen LogP contribution >= 0.6 is 0 Å². The average Bonchev–Trinajstić information content (AvgIpc) is 2.56. The van der Waals surface area contributed by atoms with Gasteiger partial charge in [-0.3, -0.25) is 5.32 Å². The standard InChI is InChI=1S/C17H13F4N2O2/c1-23(8-9-25-15-5-3-2-4-14(15)23)16(24)22-11-6-7-13(18)12(10-11)17(19,20)21/h2,4-7,10H,8-9H2,1H3/p+1. The van der Waals surface area contributed by atoms with E-state index in [1.807, 2.05) is 0 Å². The minimum Gasteiger partial charge on any atom is -0.481 e. The largest absolute Gasteiger partial charge is 0.481 e. The second-order valence-corrected chi connectivity index (χ2v) is 5.78. The molecule has 1 radical (unpaired) electrons. The van der Waals surface area contributed by atoms with Crippen LogP contribution in [0.4, 0.5) is 33.7 Å². The van der Waals surface area contributed by atoms with Crippen molar-refractivity contribution >= 4 is 17.4 Å². The molecule has 25 heavy (non-hydrogen) atoms. The lowest BCUT2D eigenvalue weighted by Crippen LogP contribution is -2.57. The maximum absolute atomic E-state index is 13.4. The Kier molecular flexibility index (Phi) is 4.16. The number of nitrogens with one attached hydrogen (secondary N) is 1. The molecule has 0 saturated carbocycles. The molecular formula is C17H14F4N2O2+. The summed E-state index contributed by atoms with van der Waals surface area (Å²) in [5.41, 5.74) is -0.987. The number of rotatable bonds is 1. The Bertz CT molecular complexity index is 823. The number of alkyl halides is 3. The highest BCUT2D eigenvalue weighted by atomic mass is 19.4. The van der Waals surface area contributed by atoms with Crippen LogP contribution in [0.1, 0.15) is 5.56 Å². The van der Waals surface area contributed by atoms with Crippen LogP contribution in [0, 0.1) is 11.9 Å². The molecule has 1 aliphatic rings. The number of likely N-dealkylation sites (N-methyl/N-ethyl adjacent to an activating group) is 1. The minimum absolute atomic E-state index is 0.131. The number of hydrogen-bond acceptors (Lipinski definition) is 2. The molecule has 1 aliphatic heterocycles. The van der Waals surface area contributed by atoms with E-state index < -0.39 is 23.6 Å².